The molecule has 1 fully saturated rings. The van der Waals surface area contributed by atoms with Gasteiger partial charge in [0.15, 0.2) is 5.96 Å². The molecule has 2 heterocycles. The van der Waals surface area contributed by atoms with Crippen molar-refractivity contribution in [2.75, 3.05) is 19.7 Å². The third kappa shape index (κ3) is 3.19. The van der Waals surface area contributed by atoms with Gasteiger partial charge in [0, 0.05) is 18.7 Å². The van der Waals surface area contributed by atoms with Gasteiger partial charge in [0.2, 0.25) is 0 Å². The number of fused-ring (bicyclic) bond motifs is 1. The Morgan fingerprint density at radius 2 is 2.00 bits per heavy atom. The quantitative estimate of drug-likeness (QED) is 0.458. The lowest BCUT2D eigenvalue weighted by atomic mass is 10.00. The first-order valence-corrected chi connectivity index (χ1v) is 7.04. The molecule has 110 valence electrons. The summed E-state index contributed by atoms with van der Waals surface area (Å²) in [6.45, 7) is 4.94. The predicted molar refractivity (Wildman–Crippen MR) is 91.7 cm³/mol. The molecular formula is C15H22IN3O. The highest BCUT2D eigenvalue weighted by molar-refractivity contribution is 14.0. The zero-order valence-corrected chi connectivity index (χ0v) is 14.1. The molecule has 0 amide bonds. The van der Waals surface area contributed by atoms with E-state index in [1.165, 1.54) is 12.8 Å². The standard InChI is InChI=1S/C15H21N3O.HI/c1-11-6-8-18(9-7-11)15(16)17-13-10-19-14-5-3-2-4-12(13)14;/h2-5,11,13H,6-10H2,1H3,(H2,16,17);1H. The van der Waals surface area contributed by atoms with Crippen LogP contribution in [0.15, 0.2) is 29.3 Å². The molecule has 0 bridgehead atoms. The third-order valence-electron chi connectivity index (χ3n) is 4.07. The van der Waals surface area contributed by atoms with Crippen molar-refractivity contribution in [3.05, 3.63) is 29.8 Å². The molecule has 1 saturated heterocycles. The summed E-state index contributed by atoms with van der Waals surface area (Å²) < 4.78 is 5.64. The summed E-state index contributed by atoms with van der Waals surface area (Å²) in [5, 5.41) is 0. The highest BCUT2D eigenvalue weighted by Crippen LogP contribution is 2.34. The van der Waals surface area contributed by atoms with Crippen LogP contribution in [0.4, 0.5) is 0 Å². The fourth-order valence-electron chi connectivity index (χ4n) is 2.73. The van der Waals surface area contributed by atoms with Crippen LogP contribution in [0.5, 0.6) is 5.75 Å². The van der Waals surface area contributed by atoms with Crippen molar-refractivity contribution >= 4 is 29.9 Å². The maximum atomic E-state index is 6.15. The Bertz CT molecular complexity index is 484. The number of hydrogen-bond donors (Lipinski definition) is 1. The minimum absolute atomic E-state index is 0. The van der Waals surface area contributed by atoms with Crippen molar-refractivity contribution in [3.63, 3.8) is 0 Å². The highest BCUT2D eigenvalue weighted by Gasteiger charge is 2.25. The van der Waals surface area contributed by atoms with Crippen LogP contribution in [0.3, 0.4) is 0 Å². The largest absolute Gasteiger partial charge is 0.491 e. The van der Waals surface area contributed by atoms with E-state index < -0.39 is 0 Å². The molecule has 1 unspecified atom stereocenters. The first-order valence-electron chi connectivity index (χ1n) is 7.04. The molecule has 0 aromatic heterocycles. The van der Waals surface area contributed by atoms with E-state index in [9.17, 15) is 0 Å². The van der Waals surface area contributed by atoms with Crippen molar-refractivity contribution in [3.8, 4) is 5.75 Å². The number of aliphatic imine (C=N–C) groups is 1. The molecule has 0 spiro atoms. The number of benzene rings is 1. The summed E-state index contributed by atoms with van der Waals surface area (Å²) in [4.78, 5) is 6.86. The molecule has 4 nitrogen and oxygen atoms in total. The number of nitrogens with zero attached hydrogens (tertiary/aromatic N) is 2. The normalized spacial score (nSPS) is 22.9. The molecule has 3 rings (SSSR count). The number of guanidine groups is 1. The molecule has 20 heavy (non-hydrogen) atoms. The summed E-state index contributed by atoms with van der Waals surface area (Å²) in [5.41, 5.74) is 7.30. The lowest BCUT2D eigenvalue weighted by Gasteiger charge is -2.31. The van der Waals surface area contributed by atoms with Crippen LogP contribution in [0, 0.1) is 5.92 Å². The van der Waals surface area contributed by atoms with Crippen LogP contribution in [0.25, 0.3) is 0 Å². The predicted octanol–water partition coefficient (Wildman–Crippen LogP) is 2.78. The molecule has 0 aliphatic carbocycles. The van der Waals surface area contributed by atoms with Crippen LogP contribution >= 0.6 is 24.0 Å². The van der Waals surface area contributed by atoms with Gasteiger partial charge in [0.1, 0.15) is 18.4 Å². The summed E-state index contributed by atoms with van der Waals surface area (Å²) in [6.07, 6.45) is 2.40. The SMILES string of the molecule is CC1CCN(C(N)=NC2COc3ccccc32)CC1.I. The fourth-order valence-corrected chi connectivity index (χ4v) is 2.73. The summed E-state index contributed by atoms with van der Waals surface area (Å²) >= 11 is 0. The molecule has 1 aromatic rings. The van der Waals surface area contributed by atoms with E-state index in [-0.39, 0.29) is 30.0 Å². The molecule has 1 atom stereocenters. The Balaban J connectivity index is 0.00000147. The Kier molecular flexibility index (Phi) is 5.12. The van der Waals surface area contributed by atoms with Gasteiger partial charge >= 0.3 is 0 Å². The summed E-state index contributed by atoms with van der Waals surface area (Å²) in [7, 11) is 0. The number of hydrogen-bond acceptors (Lipinski definition) is 2. The Hall–Kier alpha value is -0.980. The molecule has 1 aromatic carbocycles. The van der Waals surface area contributed by atoms with E-state index in [1.807, 2.05) is 18.2 Å². The molecular weight excluding hydrogens is 365 g/mol. The van der Waals surface area contributed by atoms with Crippen molar-refractivity contribution in [1.82, 2.24) is 4.90 Å². The number of halogens is 1. The van der Waals surface area contributed by atoms with Crippen LogP contribution < -0.4 is 10.5 Å². The van der Waals surface area contributed by atoms with E-state index in [0.29, 0.717) is 12.6 Å². The Morgan fingerprint density at radius 3 is 2.75 bits per heavy atom. The Labute approximate surface area is 137 Å². The first-order chi connectivity index (χ1) is 9.24. The van der Waals surface area contributed by atoms with Crippen molar-refractivity contribution < 1.29 is 4.74 Å². The van der Waals surface area contributed by atoms with Crippen LogP contribution in [0.1, 0.15) is 31.4 Å². The van der Waals surface area contributed by atoms with Gasteiger partial charge in [-0.1, -0.05) is 25.1 Å². The monoisotopic (exact) mass is 387 g/mol. The molecule has 2 N–H and O–H groups in total. The van der Waals surface area contributed by atoms with Gasteiger partial charge in [0.05, 0.1) is 0 Å². The van der Waals surface area contributed by atoms with E-state index in [1.54, 1.807) is 0 Å². The maximum Gasteiger partial charge on any atom is 0.191 e. The minimum atomic E-state index is 0. The number of para-hydroxylation sites is 1. The summed E-state index contributed by atoms with van der Waals surface area (Å²) in [5.74, 6) is 2.41. The van der Waals surface area contributed by atoms with E-state index in [2.05, 4.69) is 22.9 Å². The number of ether oxygens (including phenoxy) is 1. The first kappa shape index (κ1) is 15.4. The summed E-state index contributed by atoms with van der Waals surface area (Å²) in [6, 6.07) is 8.12. The van der Waals surface area contributed by atoms with E-state index >= 15 is 0 Å². The van der Waals surface area contributed by atoms with Crippen molar-refractivity contribution in [1.29, 1.82) is 0 Å². The lowest BCUT2D eigenvalue weighted by Crippen LogP contribution is -2.42. The van der Waals surface area contributed by atoms with Gasteiger partial charge < -0.3 is 15.4 Å². The van der Waals surface area contributed by atoms with Crippen molar-refractivity contribution in [2.24, 2.45) is 16.6 Å². The number of piperidine rings is 1. The molecule has 0 radical (unpaired) electrons. The Morgan fingerprint density at radius 1 is 1.30 bits per heavy atom. The van der Waals surface area contributed by atoms with Crippen LogP contribution in [-0.2, 0) is 0 Å². The van der Waals surface area contributed by atoms with Gasteiger partial charge in [-0.15, -0.1) is 24.0 Å². The smallest absolute Gasteiger partial charge is 0.191 e. The van der Waals surface area contributed by atoms with Crippen LogP contribution in [0.2, 0.25) is 0 Å². The van der Waals surface area contributed by atoms with Gasteiger partial charge in [-0.3, -0.25) is 0 Å². The zero-order valence-electron chi connectivity index (χ0n) is 11.8. The second-order valence-corrected chi connectivity index (χ2v) is 5.52. The average molecular weight is 387 g/mol. The molecule has 2 aliphatic rings. The van der Waals surface area contributed by atoms with E-state index in [0.717, 1.165) is 30.3 Å². The van der Waals surface area contributed by atoms with Gasteiger partial charge in [-0.05, 0) is 24.8 Å². The molecule has 0 saturated carbocycles. The van der Waals surface area contributed by atoms with Gasteiger partial charge in [-0.2, -0.15) is 0 Å². The fraction of sp³-hybridized carbons (Fsp3) is 0.533. The topological polar surface area (TPSA) is 50.8 Å². The second-order valence-electron chi connectivity index (χ2n) is 5.52. The van der Waals surface area contributed by atoms with Gasteiger partial charge in [-0.25, -0.2) is 4.99 Å². The molecule has 2 aliphatic heterocycles. The minimum Gasteiger partial charge on any atom is -0.491 e. The van der Waals surface area contributed by atoms with Crippen LogP contribution in [-0.4, -0.2) is 30.6 Å². The third-order valence-corrected chi connectivity index (χ3v) is 4.07. The molecule has 5 heteroatoms. The number of rotatable bonds is 1. The highest BCUT2D eigenvalue weighted by atomic mass is 127. The van der Waals surface area contributed by atoms with Crippen molar-refractivity contribution in [2.45, 2.75) is 25.8 Å². The second kappa shape index (κ2) is 6.65. The lowest BCUT2D eigenvalue weighted by molar-refractivity contribution is 0.275. The average Bonchev–Trinajstić information content (AvgIpc) is 2.83. The van der Waals surface area contributed by atoms with Gasteiger partial charge in [0.25, 0.3) is 0 Å². The zero-order chi connectivity index (χ0) is 13.2. The number of nitrogens with two attached hydrogens (primary N) is 1. The van der Waals surface area contributed by atoms with E-state index in [4.69, 9.17) is 10.5 Å². The number of likely N-dealkylation sites (tertiary alicyclic amines) is 1. The maximum absolute atomic E-state index is 6.15.